The quantitative estimate of drug-likeness (QED) is 0.178. The van der Waals surface area contributed by atoms with Crippen molar-refractivity contribution < 1.29 is 32.7 Å². The van der Waals surface area contributed by atoms with Gasteiger partial charge in [0.2, 0.25) is 0 Å². The van der Waals surface area contributed by atoms with E-state index in [1.54, 1.807) is 18.3 Å². The molecule has 5 heteroatoms. The molecule has 0 saturated carbocycles. The molecule has 3 heterocycles. The number of furan rings is 1. The van der Waals surface area contributed by atoms with Crippen LogP contribution in [0.15, 0.2) is 89.6 Å². The van der Waals surface area contributed by atoms with Crippen LogP contribution in [0.3, 0.4) is 0 Å². The first-order chi connectivity index (χ1) is 20.0. The van der Waals surface area contributed by atoms with Crippen LogP contribution in [-0.4, -0.2) is 9.97 Å². The van der Waals surface area contributed by atoms with Gasteiger partial charge >= 0.3 is 0 Å². The van der Waals surface area contributed by atoms with Crippen molar-refractivity contribution in [2.75, 3.05) is 0 Å². The molecule has 0 aliphatic heterocycles. The number of nitrogens with zero attached hydrogens (tertiary/aromatic N) is 3. The topological polar surface area (TPSA) is 62.7 Å². The van der Waals surface area contributed by atoms with Crippen LogP contribution in [0.2, 0.25) is 0 Å². The molecule has 0 aliphatic rings. The molecule has 0 amide bonds. The molecule has 6 rings (SSSR count). The molecule has 3 aromatic heterocycles. The summed E-state index contributed by atoms with van der Waals surface area (Å²) in [6.07, 6.45) is 3.04. The van der Waals surface area contributed by atoms with Crippen molar-refractivity contribution in [3.63, 3.8) is 0 Å². The maximum atomic E-state index is 9.40. The van der Waals surface area contributed by atoms with E-state index in [0.29, 0.717) is 22.4 Å². The Morgan fingerprint density at radius 1 is 0.865 bits per heavy atom. The average Bonchev–Trinajstić information content (AvgIpc) is 3.36. The van der Waals surface area contributed by atoms with E-state index in [1.807, 2.05) is 49.4 Å². The Morgan fingerprint density at radius 3 is 2.38 bits per heavy atom. The van der Waals surface area contributed by atoms with Gasteiger partial charge in [-0.15, -0.1) is 53.6 Å². The summed E-state index contributed by atoms with van der Waals surface area (Å²) in [5.41, 5.74) is 6.02. The van der Waals surface area contributed by atoms with E-state index in [2.05, 4.69) is 28.2 Å². The van der Waals surface area contributed by atoms with Gasteiger partial charge in [0.25, 0.3) is 0 Å². The number of hydrogen-bond acceptors (Lipinski definition) is 4. The molecule has 0 spiro atoms. The minimum absolute atomic E-state index is 0. The third-order valence-corrected chi connectivity index (χ3v) is 5.69. The smallest absolute Gasteiger partial charge is 0.138 e. The molecule has 0 saturated heterocycles. The van der Waals surface area contributed by atoms with Crippen LogP contribution in [0.4, 0.5) is 0 Å². The van der Waals surface area contributed by atoms with E-state index in [1.165, 1.54) is 24.4 Å². The maximum absolute atomic E-state index is 9.40. The molecule has 1 radical (unpaired) electrons. The van der Waals surface area contributed by atoms with E-state index >= 15 is 0 Å². The Labute approximate surface area is 238 Å². The monoisotopic (exact) mass is 664 g/mol. The van der Waals surface area contributed by atoms with Crippen molar-refractivity contribution in [2.45, 2.75) is 20.6 Å². The molecule has 3 aromatic carbocycles. The Kier molecular flexibility index (Phi) is 5.83. The summed E-state index contributed by atoms with van der Waals surface area (Å²) in [7, 11) is 0. The second kappa shape index (κ2) is 11.3. The molecule has 0 fully saturated rings. The Balaban J connectivity index is 0.000000194. The van der Waals surface area contributed by atoms with Crippen molar-refractivity contribution in [1.82, 2.24) is 9.97 Å². The van der Waals surface area contributed by atoms with Gasteiger partial charge in [-0.2, -0.15) is 5.26 Å². The summed E-state index contributed by atoms with van der Waals surface area (Å²) < 4.78 is 49.7. The van der Waals surface area contributed by atoms with Gasteiger partial charge < -0.3 is 14.4 Å². The first-order valence-corrected chi connectivity index (χ1v) is 11.1. The van der Waals surface area contributed by atoms with Crippen LogP contribution >= 0.6 is 0 Å². The van der Waals surface area contributed by atoms with Crippen LogP contribution < -0.4 is 0 Å². The summed E-state index contributed by atoms with van der Waals surface area (Å²) in [5.74, 6) is 0. The van der Waals surface area contributed by atoms with Crippen LogP contribution in [0.5, 0.6) is 0 Å². The van der Waals surface area contributed by atoms with Crippen molar-refractivity contribution in [3.05, 3.63) is 120 Å². The van der Waals surface area contributed by atoms with Gasteiger partial charge in [-0.3, -0.25) is 0 Å². The molecule has 0 bridgehead atoms. The zero-order valence-electron chi connectivity index (χ0n) is 25.7. The molecule has 0 atom stereocenters. The predicted octanol–water partition coefficient (Wildman–Crippen LogP) is 7.79. The number of fused-ring (bicyclic) bond motifs is 3. The molecule has 37 heavy (non-hydrogen) atoms. The van der Waals surface area contributed by atoms with Gasteiger partial charge in [0, 0.05) is 46.1 Å². The molecule has 0 N–H and O–H groups in total. The van der Waals surface area contributed by atoms with Crippen molar-refractivity contribution in [2.24, 2.45) is 0 Å². The summed E-state index contributed by atoms with van der Waals surface area (Å²) in [6.45, 7) is -2.43. The fourth-order valence-electron chi connectivity index (χ4n) is 3.88. The van der Waals surface area contributed by atoms with Gasteiger partial charge in [0.1, 0.15) is 11.7 Å². The summed E-state index contributed by atoms with van der Waals surface area (Å²) in [5, 5.41) is 11.3. The van der Waals surface area contributed by atoms with Gasteiger partial charge in [-0.1, -0.05) is 54.2 Å². The summed E-state index contributed by atoms with van der Waals surface area (Å²) in [4.78, 5) is 8.45. The Bertz CT molecular complexity index is 1850. The van der Waals surface area contributed by atoms with Gasteiger partial charge in [0.05, 0.1) is 11.1 Å². The average molecular weight is 664 g/mol. The fraction of sp³-hybridized carbons (Fsp3) is 0.0938. The number of aryl methyl sites for hydroxylation is 3. The molecular weight excluding hydrogens is 635 g/mol. The number of aromatic nitrogens is 2. The fourth-order valence-corrected chi connectivity index (χ4v) is 3.88. The molecule has 183 valence electrons. The number of benzene rings is 3. The van der Waals surface area contributed by atoms with E-state index in [9.17, 15) is 5.26 Å². The predicted molar refractivity (Wildman–Crippen MR) is 143 cm³/mol. The van der Waals surface area contributed by atoms with E-state index in [0.717, 1.165) is 33.2 Å². The third kappa shape index (κ3) is 5.37. The normalized spacial score (nSPS) is 13.4. The van der Waals surface area contributed by atoms with Crippen LogP contribution in [0.25, 0.3) is 44.5 Å². The van der Waals surface area contributed by atoms with E-state index < -0.39 is 13.7 Å². The molecule has 4 nitrogen and oxygen atoms in total. The molecule has 6 aromatic rings. The van der Waals surface area contributed by atoms with Gasteiger partial charge in [-0.05, 0) is 42.4 Å². The SMILES string of the molecule is Cc1ccc2c(oc3c(-c4ccccn4)[c-]ccc32)c1C#N.[2H]C([2H])([2H])c1c[c-]c(-c2ccc(C([2H])([2H])[2H])cn2)cc1.[Ir]. The zero-order chi connectivity index (χ0) is 30.1. The van der Waals surface area contributed by atoms with Crippen LogP contribution in [0, 0.1) is 44.1 Å². The number of nitriles is 1. The molecular formula is C32H23IrN3O-2. The summed E-state index contributed by atoms with van der Waals surface area (Å²) >= 11 is 0. The molecule has 0 unspecified atom stereocenters. The van der Waals surface area contributed by atoms with E-state index in [-0.39, 0.29) is 31.2 Å². The Hall–Kier alpha value is -4.10. The van der Waals surface area contributed by atoms with Crippen molar-refractivity contribution >= 4 is 21.9 Å². The Morgan fingerprint density at radius 2 is 1.70 bits per heavy atom. The number of hydrogen-bond donors (Lipinski definition) is 0. The van der Waals surface area contributed by atoms with Crippen LogP contribution in [-0.2, 0) is 20.1 Å². The third-order valence-electron chi connectivity index (χ3n) is 5.69. The second-order valence-electron chi connectivity index (χ2n) is 8.08. The maximum Gasteiger partial charge on any atom is 0.138 e. The van der Waals surface area contributed by atoms with Gasteiger partial charge in [-0.25, -0.2) is 0 Å². The second-order valence-corrected chi connectivity index (χ2v) is 8.08. The van der Waals surface area contributed by atoms with Crippen LogP contribution in [0.1, 0.15) is 30.5 Å². The largest absolute Gasteiger partial charge is 0.499 e. The first kappa shape index (κ1) is 19.1. The minimum Gasteiger partial charge on any atom is -0.499 e. The minimum atomic E-state index is -2.18. The number of rotatable bonds is 2. The van der Waals surface area contributed by atoms with Crippen molar-refractivity contribution in [3.8, 4) is 28.6 Å². The molecule has 0 aliphatic carbocycles. The first-order valence-electron chi connectivity index (χ1n) is 14.1. The summed E-state index contributed by atoms with van der Waals surface area (Å²) in [6, 6.07) is 29.4. The number of pyridine rings is 2. The van der Waals surface area contributed by atoms with Crippen molar-refractivity contribution in [1.29, 1.82) is 5.26 Å². The van der Waals surface area contributed by atoms with E-state index in [4.69, 9.17) is 12.6 Å². The zero-order valence-corrected chi connectivity index (χ0v) is 22.1. The standard InChI is InChI=1S/C19H11N2O.C13H12N.Ir/c1-12-8-9-14-13-5-4-6-15(17-7-2-3-10-21-17)18(13)22-19(14)16(12)11-20;1-10-3-6-12(7-4-10)13-8-5-11(2)9-14-13;/h2-5,7-10H,1H3;3-6,8-9H,1-2H3;/q2*-1;/i;1D3,2D3;. The van der Waals surface area contributed by atoms with Gasteiger partial charge in [0.15, 0.2) is 0 Å².